The van der Waals surface area contributed by atoms with Crippen molar-refractivity contribution >= 4 is 21.7 Å². The molecule has 1 atom stereocenters. The summed E-state index contributed by atoms with van der Waals surface area (Å²) in [4.78, 5) is 9.83. The SMILES string of the molecule is Cc1nc(N2CCC(N3CCCCC3)C2)ccc1Br. The van der Waals surface area contributed by atoms with Crippen LogP contribution in [0.4, 0.5) is 5.82 Å². The summed E-state index contributed by atoms with van der Waals surface area (Å²) in [7, 11) is 0. The van der Waals surface area contributed by atoms with Crippen LogP contribution >= 0.6 is 15.9 Å². The number of nitrogens with zero attached hydrogens (tertiary/aromatic N) is 3. The van der Waals surface area contributed by atoms with Crippen LogP contribution in [0.25, 0.3) is 0 Å². The number of hydrogen-bond acceptors (Lipinski definition) is 3. The quantitative estimate of drug-likeness (QED) is 0.833. The molecule has 0 amide bonds. The van der Waals surface area contributed by atoms with E-state index >= 15 is 0 Å². The van der Waals surface area contributed by atoms with Crippen LogP contribution in [-0.4, -0.2) is 42.1 Å². The summed E-state index contributed by atoms with van der Waals surface area (Å²) in [6.07, 6.45) is 5.47. The van der Waals surface area contributed by atoms with Crippen LogP contribution in [0.5, 0.6) is 0 Å². The van der Waals surface area contributed by atoms with Gasteiger partial charge >= 0.3 is 0 Å². The van der Waals surface area contributed by atoms with Crippen LogP contribution in [-0.2, 0) is 0 Å². The fraction of sp³-hybridized carbons (Fsp3) is 0.667. The molecule has 104 valence electrons. The van der Waals surface area contributed by atoms with Gasteiger partial charge in [-0.15, -0.1) is 0 Å². The van der Waals surface area contributed by atoms with Crippen LogP contribution in [0.1, 0.15) is 31.4 Å². The van der Waals surface area contributed by atoms with Crippen molar-refractivity contribution in [3.05, 3.63) is 22.3 Å². The summed E-state index contributed by atoms with van der Waals surface area (Å²) < 4.78 is 1.10. The molecular weight excluding hydrogens is 302 g/mol. The maximum Gasteiger partial charge on any atom is 0.128 e. The van der Waals surface area contributed by atoms with E-state index in [2.05, 4.69) is 44.8 Å². The molecule has 1 aromatic heterocycles. The minimum absolute atomic E-state index is 0.742. The fourth-order valence-electron chi connectivity index (χ4n) is 3.24. The molecule has 1 aromatic rings. The topological polar surface area (TPSA) is 19.4 Å². The molecule has 1 unspecified atom stereocenters. The lowest BCUT2D eigenvalue weighted by atomic mass is 10.1. The third-order valence-corrected chi connectivity index (χ3v) is 5.24. The molecule has 0 saturated carbocycles. The predicted molar refractivity (Wildman–Crippen MR) is 82.7 cm³/mol. The lowest BCUT2D eigenvalue weighted by molar-refractivity contribution is 0.175. The Morgan fingerprint density at radius 2 is 1.95 bits per heavy atom. The summed E-state index contributed by atoms with van der Waals surface area (Å²) in [5, 5.41) is 0. The van der Waals surface area contributed by atoms with Crippen molar-refractivity contribution < 1.29 is 0 Å². The second kappa shape index (κ2) is 5.80. The number of anilines is 1. The van der Waals surface area contributed by atoms with Crippen molar-refractivity contribution in [3.8, 4) is 0 Å². The highest BCUT2D eigenvalue weighted by Crippen LogP contribution is 2.25. The van der Waals surface area contributed by atoms with E-state index in [1.54, 1.807) is 0 Å². The van der Waals surface area contributed by atoms with Gasteiger partial charge in [0.2, 0.25) is 0 Å². The number of aryl methyl sites for hydroxylation is 1. The average Bonchev–Trinajstić information content (AvgIpc) is 2.93. The van der Waals surface area contributed by atoms with Crippen molar-refractivity contribution in [3.63, 3.8) is 0 Å². The lowest BCUT2D eigenvalue weighted by Gasteiger charge is -2.32. The Kier molecular flexibility index (Phi) is 4.08. The van der Waals surface area contributed by atoms with E-state index in [0.29, 0.717) is 0 Å². The summed E-state index contributed by atoms with van der Waals surface area (Å²) in [6.45, 7) is 6.95. The van der Waals surface area contributed by atoms with Crippen molar-refractivity contribution in [1.29, 1.82) is 0 Å². The van der Waals surface area contributed by atoms with Crippen LogP contribution in [0, 0.1) is 6.92 Å². The van der Waals surface area contributed by atoms with Gasteiger partial charge < -0.3 is 4.90 Å². The van der Waals surface area contributed by atoms with Gasteiger partial charge in [-0.2, -0.15) is 0 Å². The van der Waals surface area contributed by atoms with E-state index in [1.807, 2.05) is 0 Å². The summed E-state index contributed by atoms with van der Waals surface area (Å²) in [5.41, 5.74) is 1.08. The van der Waals surface area contributed by atoms with Crippen LogP contribution < -0.4 is 4.90 Å². The van der Waals surface area contributed by atoms with E-state index in [0.717, 1.165) is 35.1 Å². The van der Waals surface area contributed by atoms with Crippen LogP contribution in [0.3, 0.4) is 0 Å². The summed E-state index contributed by atoms with van der Waals surface area (Å²) >= 11 is 3.52. The number of rotatable bonds is 2. The molecule has 0 aromatic carbocycles. The van der Waals surface area contributed by atoms with Gasteiger partial charge in [-0.25, -0.2) is 4.98 Å². The maximum atomic E-state index is 4.69. The molecular formula is C15H22BrN3. The second-order valence-corrected chi connectivity index (χ2v) is 6.58. The minimum Gasteiger partial charge on any atom is -0.355 e. The molecule has 0 radical (unpaired) electrons. The zero-order valence-electron chi connectivity index (χ0n) is 11.6. The largest absolute Gasteiger partial charge is 0.355 e. The van der Waals surface area contributed by atoms with Gasteiger partial charge in [0, 0.05) is 23.6 Å². The monoisotopic (exact) mass is 323 g/mol. The molecule has 3 rings (SSSR count). The Hall–Kier alpha value is -0.610. The average molecular weight is 324 g/mol. The fourth-order valence-corrected chi connectivity index (χ4v) is 3.46. The van der Waals surface area contributed by atoms with Gasteiger partial charge in [0.15, 0.2) is 0 Å². The van der Waals surface area contributed by atoms with E-state index in [1.165, 1.54) is 38.8 Å². The third kappa shape index (κ3) is 2.95. The number of hydrogen-bond donors (Lipinski definition) is 0. The lowest BCUT2D eigenvalue weighted by Crippen LogP contribution is -2.40. The first kappa shape index (κ1) is 13.4. The van der Waals surface area contributed by atoms with E-state index in [4.69, 9.17) is 4.98 Å². The smallest absolute Gasteiger partial charge is 0.128 e. The zero-order chi connectivity index (χ0) is 13.2. The molecule has 3 nitrogen and oxygen atoms in total. The van der Waals surface area contributed by atoms with Crippen molar-refractivity contribution in [2.24, 2.45) is 0 Å². The number of pyridine rings is 1. The van der Waals surface area contributed by atoms with Gasteiger partial charge in [0.05, 0.1) is 5.69 Å². The van der Waals surface area contributed by atoms with Gasteiger partial charge in [0.25, 0.3) is 0 Å². The van der Waals surface area contributed by atoms with Gasteiger partial charge in [0.1, 0.15) is 5.82 Å². The Morgan fingerprint density at radius 1 is 1.16 bits per heavy atom. The highest BCUT2D eigenvalue weighted by atomic mass is 79.9. The van der Waals surface area contributed by atoms with E-state index in [-0.39, 0.29) is 0 Å². The Morgan fingerprint density at radius 3 is 2.68 bits per heavy atom. The number of piperidine rings is 1. The molecule has 2 fully saturated rings. The normalized spacial score (nSPS) is 24.9. The maximum absolute atomic E-state index is 4.69. The van der Waals surface area contributed by atoms with Gasteiger partial charge in [-0.05, 0) is 67.3 Å². The first-order valence-corrected chi connectivity index (χ1v) is 8.15. The predicted octanol–water partition coefficient (Wildman–Crippen LogP) is 3.22. The third-order valence-electron chi connectivity index (χ3n) is 4.40. The zero-order valence-corrected chi connectivity index (χ0v) is 13.2. The number of halogens is 1. The number of aromatic nitrogens is 1. The molecule has 0 spiro atoms. The van der Waals surface area contributed by atoms with E-state index < -0.39 is 0 Å². The van der Waals surface area contributed by atoms with Crippen molar-refractivity contribution in [1.82, 2.24) is 9.88 Å². The minimum atomic E-state index is 0.742. The Bertz CT molecular complexity index is 443. The van der Waals surface area contributed by atoms with Crippen LogP contribution in [0.2, 0.25) is 0 Å². The van der Waals surface area contributed by atoms with E-state index in [9.17, 15) is 0 Å². The Balaban J connectivity index is 1.66. The number of likely N-dealkylation sites (tertiary alicyclic amines) is 1. The molecule has 0 bridgehead atoms. The first-order valence-electron chi connectivity index (χ1n) is 7.36. The molecule has 0 aliphatic carbocycles. The van der Waals surface area contributed by atoms with Gasteiger partial charge in [-0.3, -0.25) is 4.90 Å². The summed E-state index contributed by atoms with van der Waals surface area (Å²) in [6, 6.07) is 4.99. The molecule has 2 aliphatic rings. The Labute approximate surface area is 124 Å². The molecule has 2 saturated heterocycles. The molecule has 2 aliphatic heterocycles. The molecule has 4 heteroatoms. The van der Waals surface area contributed by atoms with Crippen LogP contribution in [0.15, 0.2) is 16.6 Å². The van der Waals surface area contributed by atoms with Gasteiger partial charge in [-0.1, -0.05) is 6.42 Å². The molecule has 19 heavy (non-hydrogen) atoms. The second-order valence-electron chi connectivity index (χ2n) is 5.72. The molecule has 0 N–H and O–H groups in total. The highest BCUT2D eigenvalue weighted by Gasteiger charge is 2.29. The summed E-state index contributed by atoms with van der Waals surface area (Å²) in [5.74, 6) is 1.14. The highest BCUT2D eigenvalue weighted by molar-refractivity contribution is 9.10. The first-order chi connectivity index (χ1) is 9.24. The molecule has 3 heterocycles. The standard InChI is InChI=1S/C15H22BrN3/c1-12-14(16)5-6-15(17-12)19-10-7-13(11-19)18-8-3-2-4-9-18/h5-6,13H,2-4,7-11H2,1H3. The van der Waals surface area contributed by atoms with Crippen molar-refractivity contribution in [2.75, 3.05) is 31.1 Å². The van der Waals surface area contributed by atoms with Crippen molar-refractivity contribution in [2.45, 2.75) is 38.6 Å².